The summed E-state index contributed by atoms with van der Waals surface area (Å²) >= 11 is 0. The molecule has 0 amide bonds. The van der Waals surface area contributed by atoms with E-state index in [1.54, 1.807) is 0 Å². The van der Waals surface area contributed by atoms with Crippen LogP contribution in [-0.4, -0.2) is 121 Å². The molecule has 2 aromatic carbocycles. The number of ketones is 1. The first kappa shape index (κ1) is 37.0. The smallest absolute Gasteiger partial charge is 0.331 e. The molecular weight excluding hydrogens is 664 g/mol. The van der Waals surface area contributed by atoms with E-state index in [1.165, 1.54) is 50.3 Å². The Labute approximate surface area is 284 Å². The van der Waals surface area contributed by atoms with Crippen LogP contribution in [0.4, 0.5) is 0 Å². The molecule has 2 aliphatic heterocycles. The highest BCUT2D eigenvalue weighted by atomic mass is 16.7. The third kappa shape index (κ3) is 7.58. The first-order valence-electron chi connectivity index (χ1n) is 15.6. The van der Waals surface area contributed by atoms with Gasteiger partial charge in [-0.2, -0.15) is 0 Å². The van der Waals surface area contributed by atoms with Crippen LogP contribution >= 0.6 is 0 Å². The van der Waals surface area contributed by atoms with Crippen molar-refractivity contribution in [3.63, 3.8) is 0 Å². The summed E-state index contributed by atoms with van der Waals surface area (Å²) in [5.74, 6) is -1.77. The van der Waals surface area contributed by atoms with E-state index < -0.39 is 85.8 Å². The van der Waals surface area contributed by atoms with Crippen LogP contribution in [0.2, 0.25) is 0 Å². The fourth-order valence-corrected chi connectivity index (χ4v) is 5.93. The maximum atomic E-state index is 13.4. The number of fused-ring (bicyclic) bond motifs is 1. The minimum Gasteiger partial charge on any atom is -0.508 e. The maximum Gasteiger partial charge on any atom is 0.331 e. The molecule has 0 aliphatic carbocycles. The standard InChI is InChI=1S/C34H38O16/c1-14-9-20(48-34-30(45)28(43)26(41)22(13-36)49-34)25(31-24(14)19(39)11-18(46-31)10-15(2)37)32-33(29(44)27(42)21(12-35)47-32)50-23(40)8-5-16-3-6-17(38)7-4-16/h3-9,11,21-22,26-30,32-36,38,41-45H,10,12-13H2,1-2H3/b8-5+/t21-,22-,26-,27-,28+,29+,30-,32+,33-,34-/m1/s1. The third-order valence-corrected chi connectivity index (χ3v) is 8.47. The summed E-state index contributed by atoms with van der Waals surface area (Å²) in [4.78, 5) is 38.6. The van der Waals surface area contributed by atoms with E-state index >= 15 is 0 Å². The number of carbonyl (C=O) groups excluding carboxylic acids is 2. The summed E-state index contributed by atoms with van der Waals surface area (Å²) < 4.78 is 29.2. The lowest BCUT2D eigenvalue weighted by molar-refractivity contribution is -0.278. The van der Waals surface area contributed by atoms with Crippen LogP contribution in [0.5, 0.6) is 11.5 Å². The Morgan fingerprint density at radius 1 is 0.880 bits per heavy atom. The second-order valence-corrected chi connectivity index (χ2v) is 12.2. The molecule has 16 nitrogen and oxygen atoms in total. The number of aryl methyl sites for hydroxylation is 1. The van der Waals surface area contributed by atoms with Crippen molar-refractivity contribution >= 4 is 28.8 Å². The summed E-state index contributed by atoms with van der Waals surface area (Å²) in [6.07, 6.45) is -15.2. The minimum atomic E-state index is -1.92. The van der Waals surface area contributed by atoms with Crippen molar-refractivity contribution < 1.29 is 73.8 Å². The molecule has 10 atom stereocenters. The van der Waals surface area contributed by atoms with Crippen molar-refractivity contribution in [3.8, 4) is 11.5 Å². The van der Waals surface area contributed by atoms with E-state index in [0.717, 1.165) is 12.1 Å². The van der Waals surface area contributed by atoms with E-state index in [9.17, 15) is 55.2 Å². The molecule has 270 valence electrons. The number of aliphatic hydroxyl groups excluding tert-OH is 7. The molecule has 3 heterocycles. The highest BCUT2D eigenvalue weighted by molar-refractivity contribution is 5.88. The summed E-state index contributed by atoms with van der Waals surface area (Å²) in [7, 11) is 0. The predicted molar refractivity (Wildman–Crippen MR) is 170 cm³/mol. The van der Waals surface area contributed by atoms with Crippen molar-refractivity contribution in [3.05, 3.63) is 75.1 Å². The zero-order valence-corrected chi connectivity index (χ0v) is 26.9. The predicted octanol–water partition coefficient (Wildman–Crippen LogP) is -1.10. The van der Waals surface area contributed by atoms with Gasteiger partial charge < -0.3 is 64.2 Å². The molecule has 2 fully saturated rings. The quantitative estimate of drug-likeness (QED) is 0.0920. The SMILES string of the molecule is CC(=O)Cc1cc(=O)c2c(C)cc(O[C@@H]3O[C@H](CO)[C@@H](O)[C@H](O)[C@H]3O)c([C@@H]3O[C@H](CO)[C@@H](O)[C@H](O)[C@H]3OC(=O)/C=C/c3ccc(O)cc3)c2o1. The van der Waals surface area contributed by atoms with Crippen molar-refractivity contribution in [1.29, 1.82) is 0 Å². The van der Waals surface area contributed by atoms with Crippen LogP contribution in [0.3, 0.4) is 0 Å². The highest BCUT2D eigenvalue weighted by Crippen LogP contribution is 2.44. The topological polar surface area (TPSA) is 263 Å². The molecule has 16 heteroatoms. The van der Waals surface area contributed by atoms with Crippen LogP contribution < -0.4 is 10.2 Å². The molecule has 2 saturated heterocycles. The van der Waals surface area contributed by atoms with Crippen LogP contribution in [0.1, 0.15) is 35.5 Å². The van der Waals surface area contributed by atoms with E-state index in [2.05, 4.69) is 0 Å². The minimum absolute atomic E-state index is 0.00681. The van der Waals surface area contributed by atoms with Gasteiger partial charge in [-0.3, -0.25) is 9.59 Å². The summed E-state index contributed by atoms with van der Waals surface area (Å²) in [5, 5.41) is 82.8. The first-order valence-corrected chi connectivity index (χ1v) is 15.6. The Balaban J connectivity index is 1.67. The summed E-state index contributed by atoms with van der Waals surface area (Å²) in [6, 6.07) is 8.22. The molecule has 0 saturated carbocycles. The Kier molecular flexibility index (Phi) is 11.4. The zero-order chi connectivity index (χ0) is 36.4. The Hall–Kier alpha value is -4.23. The van der Waals surface area contributed by atoms with Crippen molar-refractivity contribution in [2.45, 2.75) is 81.5 Å². The summed E-state index contributed by atoms with van der Waals surface area (Å²) in [6.45, 7) is 1.17. The zero-order valence-electron chi connectivity index (χ0n) is 26.9. The van der Waals surface area contributed by atoms with Gasteiger partial charge in [-0.1, -0.05) is 12.1 Å². The fraction of sp³-hybridized carbons (Fsp3) is 0.441. The highest BCUT2D eigenvalue weighted by Gasteiger charge is 2.50. The molecule has 50 heavy (non-hydrogen) atoms. The Bertz CT molecular complexity index is 1780. The molecule has 8 N–H and O–H groups in total. The fourth-order valence-electron chi connectivity index (χ4n) is 5.93. The van der Waals surface area contributed by atoms with Crippen LogP contribution in [-0.2, 0) is 30.2 Å². The summed E-state index contributed by atoms with van der Waals surface area (Å²) in [5.41, 5.74) is -0.362. The van der Waals surface area contributed by atoms with Gasteiger partial charge in [-0.25, -0.2) is 4.79 Å². The molecule has 5 rings (SSSR count). The molecule has 0 spiro atoms. The largest absolute Gasteiger partial charge is 0.508 e. The molecule has 3 aromatic rings. The normalized spacial score (nSPS) is 30.0. The lowest BCUT2D eigenvalue weighted by Gasteiger charge is -2.43. The lowest BCUT2D eigenvalue weighted by atomic mass is 9.88. The van der Waals surface area contributed by atoms with Crippen LogP contribution in [0.15, 0.2) is 51.7 Å². The number of hydrogen-bond acceptors (Lipinski definition) is 16. The second kappa shape index (κ2) is 15.3. The average Bonchev–Trinajstić information content (AvgIpc) is 3.07. The number of phenols is 1. The van der Waals surface area contributed by atoms with Gasteiger partial charge in [0.15, 0.2) is 11.5 Å². The van der Waals surface area contributed by atoms with E-state index in [1.807, 2.05) is 0 Å². The number of ether oxygens (including phenoxy) is 4. The first-order chi connectivity index (χ1) is 23.7. The average molecular weight is 703 g/mol. The number of aromatic hydroxyl groups is 1. The van der Waals surface area contributed by atoms with Gasteiger partial charge in [-0.05, 0) is 49.2 Å². The second-order valence-electron chi connectivity index (χ2n) is 12.2. The van der Waals surface area contributed by atoms with Gasteiger partial charge in [0.1, 0.15) is 77.5 Å². The number of rotatable bonds is 10. The van der Waals surface area contributed by atoms with Crippen LogP contribution in [0, 0.1) is 6.92 Å². The lowest BCUT2D eigenvalue weighted by Crippen LogP contribution is -2.60. The van der Waals surface area contributed by atoms with Crippen molar-refractivity contribution in [1.82, 2.24) is 0 Å². The van der Waals surface area contributed by atoms with Crippen LogP contribution in [0.25, 0.3) is 17.0 Å². The van der Waals surface area contributed by atoms with Gasteiger partial charge in [0, 0.05) is 12.1 Å². The number of carbonyl (C=O) groups is 2. The number of hydrogen-bond donors (Lipinski definition) is 8. The number of benzene rings is 2. The van der Waals surface area contributed by atoms with E-state index in [4.69, 9.17) is 23.4 Å². The van der Waals surface area contributed by atoms with Gasteiger partial charge in [0.05, 0.1) is 30.6 Å². The number of aliphatic hydroxyl groups is 7. The molecule has 2 aliphatic rings. The molecule has 0 radical (unpaired) electrons. The maximum absolute atomic E-state index is 13.4. The monoisotopic (exact) mass is 702 g/mol. The van der Waals surface area contributed by atoms with Crippen molar-refractivity contribution in [2.24, 2.45) is 0 Å². The number of Topliss-reactive ketones (excluding diaryl/α,β-unsaturated/α-hetero) is 1. The van der Waals surface area contributed by atoms with Gasteiger partial charge in [0.25, 0.3) is 0 Å². The Morgan fingerprint density at radius 3 is 2.16 bits per heavy atom. The molecule has 0 bridgehead atoms. The molecular formula is C34H38O16. The Morgan fingerprint density at radius 2 is 1.52 bits per heavy atom. The van der Waals surface area contributed by atoms with Gasteiger partial charge in [-0.15, -0.1) is 0 Å². The van der Waals surface area contributed by atoms with Gasteiger partial charge in [0.2, 0.25) is 6.29 Å². The molecule has 0 unspecified atom stereocenters. The van der Waals surface area contributed by atoms with E-state index in [0.29, 0.717) is 5.56 Å². The van der Waals surface area contributed by atoms with Crippen molar-refractivity contribution in [2.75, 3.05) is 13.2 Å². The molecule has 1 aromatic heterocycles. The number of esters is 1. The van der Waals surface area contributed by atoms with Gasteiger partial charge >= 0.3 is 5.97 Å². The third-order valence-electron chi connectivity index (χ3n) is 8.47. The van der Waals surface area contributed by atoms with E-state index in [-0.39, 0.29) is 51.6 Å². The number of phenolic OH excluding ortho intramolecular Hbond substituents is 1.